The van der Waals surface area contributed by atoms with Gasteiger partial charge >= 0.3 is 0 Å². The minimum absolute atomic E-state index is 0.222. The molecule has 0 spiro atoms. The second kappa shape index (κ2) is 4.71. The highest BCUT2D eigenvalue weighted by atomic mass is 16.1. The number of benzene rings is 2. The van der Waals surface area contributed by atoms with Crippen molar-refractivity contribution in [1.29, 1.82) is 0 Å². The summed E-state index contributed by atoms with van der Waals surface area (Å²) in [5, 5.41) is 0. The zero-order chi connectivity index (χ0) is 13.1. The highest BCUT2D eigenvalue weighted by Crippen LogP contribution is 2.28. The Labute approximate surface area is 104 Å². The molecular formula is C14H12N2O2. The fourth-order valence-electron chi connectivity index (χ4n) is 1.83. The molecule has 0 saturated carbocycles. The predicted molar refractivity (Wildman–Crippen MR) is 71.5 cm³/mol. The summed E-state index contributed by atoms with van der Waals surface area (Å²) in [4.78, 5) is 22.1. The normalized spacial score (nSPS) is 10.0. The summed E-state index contributed by atoms with van der Waals surface area (Å²) in [5.74, 6) is 0. The molecule has 0 saturated heterocycles. The average Bonchev–Trinajstić information content (AvgIpc) is 2.39. The van der Waals surface area contributed by atoms with Crippen LogP contribution < -0.4 is 11.5 Å². The van der Waals surface area contributed by atoms with E-state index in [9.17, 15) is 9.59 Å². The van der Waals surface area contributed by atoms with Gasteiger partial charge in [-0.3, -0.25) is 9.59 Å². The Morgan fingerprint density at radius 3 is 1.94 bits per heavy atom. The third kappa shape index (κ3) is 1.96. The average molecular weight is 240 g/mol. The van der Waals surface area contributed by atoms with Crippen molar-refractivity contribution >= 4 is 23.9 Å². The Balaban J connectivity index is 2.68. The molecule has 0 aliphatic carbocycles. The van der Waals surface area contributed by atoms with E-state index in [0.29, 0.717) is 35.1 Å². The Bertz CT molecular complexity index is 604. The van der Waals surface area contributed by atoms with Crippen LogP contribution >= 0.6 is 0 Å². The van der Waals surface area contributed by atoms with Gasteiger partial charge in [0.15, 0.2) is 12.6 Å². The van der Waals surface area contributed by atoms with Crippen LogP contribution in [0.2, 0.25) is 0 Å². The monoisotopic (exact) mass is 240 g/mol. The number of rotatable bonds is 3. The first-order valence-electron chi connectivity index (χ1n) is 5.36. The lowest BCUT2D eigenvalue weighted by Gasteiger charge is -2.09. The fourth-order valence-corrected chi connectivity index (χ4v) is 1.83. The Kier molecular flexibility index (Phi) is 3.10. The van der Waals surface area contributed by atoms with E-state index in [4.69, 9.17) is 11.5 Å². The molecule has 0 unspecified atom stereocenters. The molecule has 0 heterocycles. The minimum atomic E-state index is 0.222. The van der Waals surface area contributed by atoms with Crippen molar-refractivity contribution < 1.29 is 9.59 Å². The summed E-state index contributed by atoms with van der Waals surface area (Å²) >= 11 is 0. The van der Waals surface area contributed by atoms with Gasteiger partial charge in [0.25, 0.3) is 0 Å². The van der Waals surface area contributed by atoms with Gasteiger partial charge in [0.1, 0.15) is 0 Å². The SMILES string of the molecule is Nc1ccc(-c2ccc(N)c(C=O)c2C=O)cc1. The number of anilines is 2. The molecule has 2 aromatic rings. The lowest BCUT2D eigenvalue weighted by molar-refractivity contribution is 0.109. The predicted octanol–water partition coefficient (Wildman–Crippen LogP) is 2.14. The number of nitrogen functional groups attached to an aromatic ring is 2. The summed E-state index contributed by atoms with van der Waals surface area (Å²) in [7, 11) is 0. The summed E-state index contributed by atoms with van der Waals surface area (Å²) in [6.45, 7) is 0. The van der Waals surface area contributed by atoms with Crippen LogP contribution in [0, 0.1) is 0 Å². The second-order valence-corrected chi connectivity index (χ2v) is 3.89. The molecule has 4 N–H and O–H groups in total. The highest BCUT2D eigenvalue weighted by Gasteiger charge is 2.12. The van der Waals surface area contributed by atoms with E-state index in [1.54, 1.807) is 36.4 Å². The van der Waals surface area contributed by atoms with Gasteiger partial charge < -0.3 is 11.5 Å². The molecule has 18 heavy (non-hydrogen) atoms. The largest absolute Gasteiger partial charge is 0.399 e. The zero-order valence-corrected chi connectivity index (χ0v) is 9.59. The number of carbonyl (C=O) groups is 2. The van der Waals surface area contributed by atoms with Crippen LogP contribution in [-0.2, 0) is 0 Å². The standard InChI is InChI=1S/C14H12N2O2/c15-10-3-1-9(2-4-10)11-5-6-14(16)13(8-18)12(11)7-17/h1-8H,15-16H2. The van der Waals surface area contributed by atoms with Crippen LogP contribution in [-0.4, -0.2) is 12.6 Å². The molecular weight excluding hydrogens is 228 g/mol. The molecule has 0 aliphatic heterocycles. The second-order valence-electron chi connectivity index (χ2n) is 3.89. The van der Waals surface area contributed by atoms with Crippen molar-refractivity contribution in [3.8, 4) is 11.1 Å². The number of hydrogen-bond acceptors (Lipinski definition) is 4. The molecule has 4 nitrogen and oxygen atoms in total. The number of carbonyl (C=O) groups excluding carboxylic acids is 2. The fraction of sp³-hybridized carbons (Fsp3) is 0. The molecule has 0 fully saturated rings. The van der Waals surface area contributed by atoms with E-state index in [0.717, 1.165) is 5.56 Å². The number of hydrogen-bond donors (Lipinski definition) is 2. The summed E-state index contributed by atoms with van der Waals surface area (Å²) < 4.78 is 0. The van der Waals surface area contributed by atoms with Crippen molar-refractivity contribution in [2.24, 2.45) is 0 Å². The molecule has 0 radical (unpaired) electrons. The summed E-state index contributed by atoms with van der Waals surface area (Å²) in [6, 6.07) is 10.4. The van der Waals surface area contributed by atoms with Crippen LogP contribution in [0.1, 0.15) is 20.7 Å². The smallest absolute Gasteiger partial charge is 0.152 e. The lowest BCUT2D eigenvalue weighted by atomic mass is 9.95. The van der Waals surface area contributed by atoms with Gasteiger partial charge in [0, 0.05) is 22.5 Å². The van der Waals surface area contributed by atoms with Crippen LogP contribution in [0.5, 0.6) is 0 Å². The van der Waals surface area contributed by atoms with Crippen molar-refractivity contribution in [3.05, 3.63) is 47.5 Å². The molecule has 0 atom stereocenters. The third-order valence-corrected chi connectivity index (χ3v) is 2.78. The van der Waals surface area contributed by atoms with Crippen molar-refractivity contribution in [1.82, 2.24) is 0 Å². The van der Waals surface area contributed by atoms with E-state index in [1.165, 1.54) is 0 Å². The molecule has 0 aliphatic rings. The molecule has 4 heteroatoms. The maximum absolute atomic E-state index is 11.2. The van der Waals surface area contributed by atoms with Crippen LogP contribution in [0.4, 0.5) is 11.4 Å². The van der Waals surface area contributed by atoms with E-state index >= 15 is 0 Å². The molecule has 0 bridgehead atoms. The number of aldehydes is 2. The molecule has 0 aromatic heterocycles. The van der Waals surface area contributed by atoms with E-state index in [2.05, 4.69) is 0 Å². The molecule has 2 rings (SSSR count). The first kappa shape index (κ1) is 11.9. The van der Waals surface area contributed by atoms with E-state index in [1.807, 2.05) is 0 Å². The van der Waals surface area contributed by atoms with Gasteiger partial charge in [-0.15, -0.1) is 0 Å². The van der Waals surface area contributed by atoms with Gasteiger partial charge in [-0.05, 0) is 29.3 Å². The third-order valence-electron chi connectivity index (χ3n) is 2.78. The number of nitrogens with two attached hydrogens (primary N) is 2. The van der Waals surface area contributed by atoms with Gasteiger partial charge in [0.2, 0.25) is 0 Å². The van der Waals surface area contributed by atoms with Crippen molar-refractivity contribution in [2.75, 3.05) is 11.5 Å². The van der Waals surface area contributed by atoms with E-state index < -0.39 is 0 Å². The molecule has 90 valence electrons. The lowest BCUT2D eigenvalue weighted by Crippen LogP contribution is -2.00. The topological polar surface area (TPSA) is 86.2 Å². The van der Waals surface area contributed by atoms with E-state index in [-0.39, 0.29) is 5.56 Å². The quantitative estimate of drug-likeness (QED) is 0.635. The zero-order valence-electron chi connectivity index (χ0n) is 9.59. The van der Waals surface area contributed by atoms with Gasteiger partial charge in [0.05, 0.1) is 0 Å². The van der Waals surface area contributed by atoms with Gasteiger partial charge in [-0.25, -0.2) is 0 Å². The van der Waals surface area contributed by atoms with Crippen LogP contribution in [0.3, 0.4) is 0 Å². The Morgan fingerprint density at radius 2 is 1.39 bits per heavy atom. The summed E-state index contributed by atoms with van der Waals surface area (Å²) in [6.07, 6.45) is 1.24. The summed E-state index contributed by atoms with van der Waals surface area (Å²) in [5.41, 5.74) is 14.2. The minimum Gasteiger partial charge on any atom is -0.399 e. The Hall–Kier alpha value is -2.62. The first-order valence-corrected chi connectivity index (χ1v) is 5.36. The van der Waals surface area contributed by atoms with Crippen molar-refractivity contribution in [2.45, 2.75) is 0 Å². The maximum atomic E-state index is 11.2. The van der Waals surface area contributed by atoms with Crippen LogP contribution in [0.25, 0.3) is 11.1 Å². The van der Waals surface area contributed by atoms with Crippen LogP contribution in [0.15, 0.2) is 36.4 Å². The Morgan fingerprint density at radius 1 is 0.778 bits per heavy atom. The maximum Gasteiger partial charge on any atom is 0.152 e. The molecule has 0 amide bonds. The molecule has 2 aromatic carbocycles. The highest BCUT2D eigenvalue weighted by molar-refractivity contribution is 6.01. The van der Waals surface area contributed by atoms with Crippen molar-refractivity contribution in [3.63, 3.8) is 0 Å². The first-order chi connectivity index (χ1) is 8.67. The van der Waals surface area contributed by atoms with Gasteiger partial charge in [-0.2, -0.15) is 0 Å². The van der Waals surface area contributed by atoms with Gasteiger partial charge in [-0.1, -0.05) is 18.2 Å².